The first-order valence-electron chi connectivity index (χ1n) is 6.67. The van der Waals surface area contributed by atoms with Crippen molar-refractivity contribution in [3.05, 3.63) is 55.7 Å². The molecule has 25 heavy (non-hydrogen) atoms. The monoisotopic (exact) mass is 490 g/mol. The Hall–Kier alpha value is -1.53. The van der Waals surface area contributed by atoms with Crippen LogP contribution in [0.25, 0.3) is 0 Å². The Kier molecular flexibility index (Phi) is 6.16. The molecular formula is C15H14F3IO5S. The third-order valence-electron chi connectivity index (χ3n) is 2.89. The van der Waals surface area contributed by atoms with Crippen LogP contribution in [0, 0.1) is 7.14 Å². The zero-order valence-electron chi connectivity index (χ0n) is 13.1. The van der Waals surface area contributed by atoms with Crippen LogP contribution < -0.4 is 9.47 Å². The quantitative estimate of drug-likeness (QED) is 0.452. The summed E-state index contributed by atoms with van der Waals surface area (Å²) in [6.07, 6.45) is 0. The average Bonchev–Trinajstić information content (AvgIpc) is 2.58. The van der Waals surface area contributed by atoms with Crippen molar-refractivity contribution >= 4 is 30.4 Å². The van der Waals surface area contributed by atoms with E-state index in [1.165, 1.54) is 38.5 Å². The normalized spacial score (nSPS) is 12.6. The standard InChI is InChI=1S/C15H14F3IO5S/c1-22-13-7-3-5-11(9-13)19(24-25(20,21)15(16,17)18)12-6-4-8-14(10-12)23-2/h3-10H,1-2H3. The zero-order chi connectivity index (χ0) is 18.7. The van der Waals surface area contributed by atoms with Gasteiger partial charge in [-0.1, -0.05) is 0 Å². The molecule has 2 aromatic rings. The van der Waals surface area contributed by atoms with Gasteiger partial charge in [0.15, 0.2) is 0 Å². The Labute approximate surface area is 150 Å². The molecule has 0 atom stereocenters. The van der Waals surface area contributed by atoms with Crippen LogP contribution in [-0.4, -0.2) is 28.1 Å². The second-order valence-corrected chi connectivity index (χ2v) is 11.0. The number of alkyl halides is 3. The first-order valence-corrected chi connectivity index (χ1v) is 11.1. The molecule has 0 spiro atoms. The van der Waals surface area contributed by atoms with Crippen molar-refractivity contribution in [3.8, 4) is 11.5 Å². The molecule has 0 aromatic heterocycles. The molecule has 2 rings (SSSR count). The van der Waals surface area contributed by atoms with Crippen molar-refractivity contribution in [2.45, 2.75) is 5.51 Å². The van der Waals surface area contributed by atoms with Gasteiger partial charge < -0.3 is 0 Å². The van der Waals surface area contributed by atoms with E-state index in [0.29, 0.717) is 18.6 Å². The summed E-state index contributed by atoms with van der Waals surface area (Å²) in [5.41, 5.74) is -5.50. The van der Waals surface area contributed by atoms with Crippen LogP contribution in [-0.2, 0) is 12.6 Å². The molecule has 0 N–H and O–H groups in total. The third-order valence-corrected chi connectivity index (χ3v) is 9.85. The molecule has 0 aliphatic heterocycles. The maximum atomic E-state index is 12.8. The first kappa shape index (κ1) is 19.8. The van der Waals surface area contributed by atoms with E-state index in [0.717, 1.165) is 0 Å². The van der Waals surface area contributed by atoms with Gasteiger partial charge in [0.1, 0.15) is 0 Å². The fourth-order valence-electron chi connectivity index (χ4n) is 1.72. The second kappa shape index (κ2) is 7.79. The molecule has 0 bridgehead atoms. The van der Waals surface area contributed by atoms with Crippen LogP contribution >= 0.6 is 20.2 Å². The fourth-order valence-corrected chi connectivity index (χ4v) is 8.35. The van der Waals surface area contributed by atoms with Gasteiger partial charge in [-0.2, -0.15) is 0 Å². The molecule has 0 saturated heterocycles. The number of hydrogen-bond donors (Lipinski definition) is 0. The molecule has 10 heteroatoms. The Morgan fingerprint density at radius 3 is 1.68 bits per heavy atom. The van der Waals surface area contributed by atoms with E-state index in [1.807, 2.05) is 0 Å². The molecule has 0 aliphatic rings. The van der Waals surface area contributed by atoms with Crippen LogP contribution in [0.1, 0.15) is 0 Å². The Bertz CT molecular complexity index is 792. The van der Waals surface area contributed by atoms with Gasteiger partial charge in [0.05, 0.1) is 0 Å². The van der Waals surface area contributed by atoms with Gasteiger partial charge in [-0.25, -0.2) is 0 Å². The van der Waals surface area contributed by atoms with Gasteiger partial charge >= 0.3 is 151 Å². The minimum absolute atomic E-state index is 0.338. The number of halogens is 4. The third kappa shape index (κ3) is 4.76. The van der Waals surface area contributed by atoms with Gasteiger partial charge in [-0.05, 0) is 0 Å². The zero-order valence-corrected chi connectivity index (χ0v) is 16.1. The van der Waals surface area contributed by atoms with E-state index in [2.05, 4.69) is 2.51 Å². The van der Waals surface area contributed by atoms with Crippen molar-refractivity contribution < 1.29 is 33.6 Å². The molecule has 5 nitrogen and oxygen atoms in total. The summed E-state index contributed by atoms with van der Waals surface area (Å²) in [5, 5.41) is 0. The first-order chi connectivity index (χ1) is 11.7. The molecule has 0 unspecified atom stereocenters. The van der Waals surface area contributed by atoms with E-state index < -0.39 is 35.9 Å². The molecule has 0 aliphatic carbocycles. The summed E-state index contributed by atoms with van der Waals surface area (Å²) < 4.78 is 76.9. The molecule has 0 amide bonds. The van der Waals surface area contributed by atoms with Crippen LogP contribution in [0.15, 0.2) is 48.5 Å². The summed E-state index contributed by atoms with van der Waals surface area (Å²) in [7, 11) is -2.95. The number of rotatable bonds is 6. The summed E-state index contributed by atoms with van der Waals surface area (Å²) >= 11 is -3.45. The molecule has 138 valence electrons. The molecule has 2 aromatic carbocycles. The summed E-state index contributed by atoms with van der Waals surface area (Å²) in [6, 6.07) is 12.3. The SMILES string of the molecule is COc1cccc(I(OS(=O)(=O)C(F)(F)F)c2cccc(OC)c2)c1. The molecule has 0 fully saturated rings. The predicted molar refractivity (Wildman–Crippen MR) is 93.5 cm³/mol. The molecule has 0 saturated carbocycles. The van der Waals surface area contributed by atoms with Crippen LogP contribution in [0.5, 0.6) is 11.5 Å². The number of ether oxygens (including phenoxy) is 2. The topological polar surface area (TPSA) is 61.8 Å². The van der Waals surface area contributed by atoms with Gasteiger partial charge in [0, 0.05) is 0 Å². The van der Waals surface area contributed by atoms with Gasteiger partial charge in [0.25, 0.3) is 0 Å². The van der Waals surface area contributed by atoms with Crippen molar-refractivity contribution in [2.24, 2.45) is 0 Å². The van der Waals surface area contributed by atoms with Crippen LogP contribution in [0.4, 0.5) is 13.2 Å². The Morgan fingerprint density at radius 2 is 1.32 bits per heavy atom. The van der Waals surface area contributed by atoms with Crippen LogP contribution in [0.2, 0.25) is 0 Å². The van der Waals surface area contributed by atoms with Crippen molar-refractivity contribution in [1.29, 1.82) is 0 Å². The predicted octanol–water partition coefficient (Wildman–Crippen LogP) is 4.03. The van der Waals surface area contributed by atoms with E-state index in [1.54, 1.807) is 24.3 Å². The summed E-state index contributed by atoms with van der Waals surface area (Å²) in [5.74, 6) is 0.770. The summed E-state index contributed by atoms with van der Waals surface area (Å²) in [6.45, 7) is 0. The molecule has 0 heterocycles. The number of hydrogen-bond acceptors (Lipinski definition) is 5. The van der Waals surface area contributed by atoms with Gasteiger partial charge in [-0.15, -0.1) is 0 Å². The van der Waals surface area contributed by atoms with Crippen molar-refractivity contribution in [1.82, 2.24) is 0 Å². The van der Waals surface area contributed by atoms with E-state index in [9.17, 15) is 21.6 Å². The van der Waals surface area contributed by atoms with E-state index >= 15 is 0 Å². The Morgan fingerprint density at radius 1 is 0.880 bits per heavy atom. The second-order valence-electron chi connectivity index (χ2n) is 4.53. The van der Waals surface area contributed by atoms with E-state index in [-0.39, 0.29) is 0 Å². The number of methoxy groups -OCH3 is 2. The van der Waals surface area contributed by atoms with Gasteiger partial charge in [-0.3, -0.25) is 0 Å². The van der Waals surface area contributed by atoms with Gasteiger partial charge in [0.2, 0.25) is 0 Å². The molecular weight excluding hydrogens is 476 g/mol. The fraction of sp³-hybridized carbons (Fsp3) is 0.200. The number of benzene rings is 2. The molecule has 0 radical (unpaired) electrons. The average molecular weight is 490 g/mol. The summed E-state index contributed by atoms with van der Waals surface area (Å²) in [4.78, 5) is 0. The van der Waals surface area contributed by atoms with E-state index in [4.69, 9.17) is 9.47 Å². The maximum absolute atomic E-state index is 12.8. The Balaban J connectivity index is 2.54. The minimum atomic E-state index is -5.74. The van der Waals surface area contributed by atoms with Crippen LogP contribution in [0.3, 0.4) is 0 Å². The van der Waals surface area contributed by atoms with Crippen molar-refractivity contribution in [3.63, 3.8) is 0 Å². The van der Waals surface area contributed by atoms with Crippen molar-refractivity contribution in [2.75, 3.05) is 14.2 Å².